The average molecular weight is 402 g/mol. The second kappa shape index (κ2) is 7.67. The molecule has 0 bridgehead atoms. The highest BCUT2D eigenvalue weighted by Crippen LogP contribution is 2.15. The molecule has 0 saturated carbocycles. The summed E-state index contributed by atoms with van der Waals surface area (Å²) in [6.45, 7) is -0.798. The van der Waals surface area contributed by atoms with E-state index >= 15 is 0 Å². The van der Waals surface area contributed by atoms with E-state index in [0.29, 0.717) is 4.47 Å². The van der Waals surface area contributed by atoms with Gasteiger partial charge < -0.3 is 4.74 Å². The van der Waals surface area contributed by atoms with E-state index in [2.05, 4.69) is 20.7 Å². The van der Waals surface area contributed by atoms with Crippen LogP contribution in [0.1, 0.15) is 5.56 Å². The van der Waals surface area contributed by atoms with Crippen molar-refractivity contribution in [3.63, 3.8) is 0 Å². The lowest BCUT2D eigenvalue weighted by Crippen LogP contribution is -2.30. The number of hydrogen-bond acceptors (Lipinski definition) is 4. The minimum atomic E-state index is -3.82. The SMILES string of the molecule is O=C(CNS(=O)(=O)c1cccc(Br)c1)OCc1ccccc1F. The van der Waals surface area contributed by atoms with Crippen molar-refractivity contribution >= 4 is 31.9 Å². The Morgan fingerprint density at radius 3 is 2.61 bits per heavy atom. The third kappa shape index (κ3) is 5.12. The smallest absolute Gasteiger partial charge is 0.321 e. The predicted molar refractivity (Wildman–Crippen MR) is 85.5 cm³/mol. The molecule has 0 aromatic heterocycles. The van der Waals surface area contributed by atoms with Crippen LogP contribution in [0.5, 0.6) is 0 Å². The van der Waals surface area contributed by atoms with Crippen LogP contribution < -0.4 is 4.72 Å². The van der Waals surface area contributed by atoms with Gasteiger partial charge in [-0.1, -0.05) is 40.2 Å². The number of benzene rings is 2. The second-order valence-corrected chi connectivity index (χ2v) is 7.22. The Morgan fingerprint density at radius 1 is 1.17 bits per heavy atom. The molecule has 0 atom stereocenters. The van der Waals surface area contributed by atoms with Gasteiger partial charge in [0.05, 0.1) is 4.90 Å². The largest absolute Gasteiger partial charge is 0.460 e. The summed E-state index contributed by atoms with van der Waals surface area (Å²) in [6, 6.07) is 11.9. The number of hydrogen-bond donors (Lipinski definition) is 1. The van der Waals surface area contributed by atoms with E-state index in [1.807, 2.05) is 0 Å². The van der Waals surface area contributed by atoms with Crippen LogP contribution >= 0.6 is 15.9 Å². The van der Waals surface area contributed by atoms with Crippen molar-refractivity contribution in [3.05, 3.63) is 64.4 Å². The van der Waals surface area contributed by atoms with E-state index in [0.717, 1.165) is 0 Å². The fraction of sp³-hybridized carbons (Fsp3) is 0.133. The Bertz CT molecular complexity index is 811. The molecule has 0 radical (unpaired) electrons. The maximum Gasteiger partial charge on any atom is 0.321 e. The molecular formula is C15H13BrFNO4S. The Hall–Kier alpha value is -1.77. The van der Waals surface area contributed by atoms with Gasteiger partial charge in [0, 0.05) is 10.0 Å². The molecule has 23 heavy (non-hydrogen) atoms. The highest BCUT2D eigenvalue weighted by molar-refractivity contribution is 9.10. The fourth-order valence-electron chi connectivity index (χ4n) is 1.70. The Kier molecular flexibility index (Phi) is 5.86. The topological polar surface area (TPSA) is 72.5 Å². The number of carbonyl (C=O) groups excluding carboxylic acids is 1. The van der Waals surface area contributed by atoms with Crippen LogP contribution in [0.25, 0.3) is 0 Å². The van der Waals surface area contributed by atoms with Crippen molar-refractivity contribution in [2.75, 3.05) is 6.54 Å². The first-order valence-electron chi connectivity index (χ1n) is 6.53. The van der Waals surface area contributed by atoms with Crippen molar-refractivity contribution in [1.82, 2.24) is 4.72 Å². The van der Waals surface area contributed by atoms with Crippen LogP contribution in [0.4, 0.5) is 4.39 Å². The highest BCUT2D eigenvalue weighted by atomic mass is 79.9. The van der Waals surface area contributed by atoms with Crippen molar-refractivity contribution in [1.29, 1.82) is 0 Å². The molecule has 0 saturated heterocycles. The van der Waals surface area contributed by atoms with E-state index in [4.69, 9.17) is 4.74 Å². The number of halogens is 2. The Labute approximate surface area is 141 Å². The number of carbonyl (C=O) groups is 1. The zero-order valence-corrected chi connectivity index (χ0v) is 14.2. The molecule has 0 fully saturated rings. The molecule has 2 aromatic carbocycles. The molecule has 0 unspecified atom stereocenters. The highest BCUT2D eigenvalue weighted by Gasteiger charge is 2.16. The molecular weight excluding hydrogens is 389 g/mol. The first kappa shape index (κ1) is 17.6. The van der Waals surface area contributed by atoms with Gasteiger partial charge in [-0.25, -0.2) is 12.8 Å². The van der Waals surface area contributed by atoms with Crippen molar-refractivity contribution < 1.29 is 22.3 Å². The van der Waals surface area contributed by atoms with Gasteiger partial charge in [-0.2, -0.15) is 4.72 Å². The third-order valence-corrected chi connectivity index (χ3v) is 4.75. The summed E-state index contributed by atoms with van der Waals surface area (Å²) >= 11 is 3.17. The van der Waals surface area contributed by atoms with Gasteiger partial charge in [-0.15, -0.1) is 0 Å². The zero-order chi connectivity index (χ0) is 16.9. The maximum absolute atomic E-state index is 13.4. The van der Waals surface area contributed by atoms with E-state index in [1.54, 1.807) is 18.2 Å². The predicted octanol–water partition coefficient (Wildman–Crippen LogP) is 2.61. The van der Waals surface area contributed by atoms with Gasteiger partial charge in [-0.05, 0) is 24.3 Å². The summed E-state index contributed by atoms with van der Waals surface area (Å²) < 4.78 is 45.0. The molecule has 8 heteroatoms. The minimum absolute atomic E-state index is 0.0220. The molecule has 0 heterocycles. The normalized spacial score (nSPS) is 11.2. The number of nitrogens with one attached hydrogen (secondary N) is 1. The van der Waals surface area contributed by atoms with Gasteiger partial charge in [0.2, 0.25) is 10.0 Å². The third-order valence-electron chi connectivity index (χ3n) is 2.86. The summed E-state index contributed by atoms with van der Waals surface area (Å²) in [4.78, 5) is 11.6. The monoisotopic (exact) mass is 401 g/mol. The van der Waals surface area contributed by atoms with E-state index < -0.39 is 28.4 Å². The van der Waals surface area contributed by atoms with Crippen LogP contribution in [-0.4, -0.2) is 20.9 Å². The molecule has 5 nitrogen and oxygen atoms in total. The van der Waals surface area contributed by atoms with Gasteiger partial charge in [-0.3, -0.25) is 4.79 Å². The average Bonchev–Trinajstić information content (AvgIpc) is 2.52. The second-order valence-electron chi connectivity index (χ2n) is 4.53. The summed E-state index contributed by atoms with van der Waals surface area (Å²) in [5.74, 6) is -1.29. The number of ether oxygens (including phenoxy) is 1. The van der Waals surface area contributed by atoms with Crippen molar-refractivity contribution in [2.45, 2.75) is 11.5 Å². The molecule has 0 spiro atoms. The first-order chi connectivity index (χ1) is 10.9. The Morgan fingerprint density at radius 2 is 1.91 bits per heavy atom. The summed E-state index contributed by atoms with van der Waals surface area (Å²) in [5.41, 5.74) is 0.218. The number of esters is 1. The van der Waals surface area contributed by atoms with Crippen molar-refractivity contribution in [2.24, 2.45) is 0 Å². The van der Waals surface area contributed by atoms with Crippen LogP contribution in [0.15, 0.2) is 57.9 Å². The molecule has 0 aliphatic rings. The number of rotatable bonds is 6. The van der Waals surface area contributed by atoms with E-state index in [9.17, 15) is 17.6 Å². The standard InChI is InChI=1S/C15H13BrFNO4S/c16-12-5-3-6-13(8-12)23(20,21)18-9-15(19)22-10-11-4-1-2-7-14(11)17/h1-8,18H,9-10H2. The molecule has 2 rings (SSSR count). The maximum atomic E-state index is 13.4. The van der Waals surface area contributed by atoms with Gasteiger partial charge in [0.15, 0.2) is 0 Å². The summed E-state index contributed by atoms with van der Waals surface area (Å²) in [7, 11) is -3.82. The molecule has 2 aromatic rings. The van der Waals surface area contributed by atoms with Gasteiger partial charge >= 0.3 is 5.97 Å². The molecule has 1 N–H and O–H groups in total. The minimum Gasteiger partial charge on any atom is -0.460 e. The van der Waals surface area contributed by atoms with E-state index in [1.165, 1.54) is 30.3 Å². The van der Waals surface area contributed by atoms with Crippen LogP contribution in [0, 0.1) is 5.82 Å². The van der Waals surface area contributed by atoms with Crippen LogP contribution in [-0.2, 0) is 26.2 Å². The lowest BCUT2D eigenvalue weighted by atomic mass is 10.2. The molecule has 122 valence electrons. The molecule has 0 aliphatic heterocycles. The van der Waals surface area contributed by atoms with E-state index in [-0.39, 0.29) is 17.1 Å². The van der Waals surface area contributed by atoms with Crippen LogP contribution in [0.3, 0.4) is 0 Å². The first-order valence-corrected chi connectivity index (χ1v) is 8.80. The summed E-state index contributed by atoms with van der Waals surface area (Å²) in [5, 5.41) is 0. The Balaban J connectivity index is 1.90. The van der Waals surface area contributed by atoms with Gasteiger partial charge in [0.1, 0.15) is 19.0 Å². The lowest BCUT2D eigenvalue weighted by molar-refractivity contribution is -0.143. The quantitative estimate of drug-likeness (QED) is 0.755. The summed E-state index contributed by atoms with van der Waals surface area (Å²) in [6.07, 6.45) is 0. The van der Waals surface area contributed by atoms with Crippen LogP contribution in [0.2, 0.25) is 0 Å². The molecule has 0 amide bonds. The fourth-order valence-corrected chi connectivity index (χ4v) is 3.26. The zero-order valence-electron chi connectivity index (χ0n) is 11.8. The molecule has 0 aliphatic carbocycles. The number of sulfonamides is 1. The van der Waals surface area contributed by atoms with Crippen molar-refractivity contribution in [3.8, 4) is 0 Å². The lowest BCUT2D eigenvalue weighted by Gasteiger charge is -2.08. The van der Waals surface area contributed by atoms with Gasteiger partial charge in [0.25, 0.3) is 0 Å².